The molecule has 2 heteroatoms. The predicted octanol–water partition coefficient (Wildman–Crippen LogP) is 2.14. The minimum atomic E-state index is -0.235. The molecule has 0 amide bonds. The van der Waals surface area contributed by atoms with E-state index in [4.69, 9.17) is 11.5 Å². The highest BCUT2D eigenvalue weighted by Crippen LogP contribution is 2.01. The van der Waals surface area contributed by atoms with Crippen LogP contribution in [0.4, 0.5) is 0 Å². The smallest absolute Gasteiger partial charge is 0.0628 e. The lowest BCUT2D eigenvalue weighted by Crippen LogP contribution is -2.24. The Bertz CT molecular complexity index is 377. The van der Waals surface area contributed by atoms with Gasteiger partial charge in [0.05, 0.1) is 6.04 Å². The van der Waals surface area contributed by atoms with Crippen molar-refractivity contribution in [2.75, 3.05) is 0 Å². The van der Waals surface area contributed by atoms with Crippen molar-refractivity contribution < 1.29 is 0 Å². The van der Waals surface area contributed by atoms with Crippen molar-refractivity contribution in [3.63, 3.8) is 0 Å². The quantitative estimate of drug-likeness (QED) is 0.583. The molecule has 0 bridgehead atoms. The van der Waals surface area contributed by atoms with Crippen LogP contribution >= 0.6 is 0 Å². The molecule has 0 aliphatic rings. The van der Waals surface area contributed by atoms with Crippen LogP contribution in [0.1, 0.15) is 5.56 Å². The molecule has 0 heterocycles. The Morgan fingerprint density at radius 3 is 2.62 bits per heavy atom. The van der Waals surface area contributed by atoms with Gasteiger partial charge in [-0.2, -0.15) is 0 Å². The molecular formula is C14H18N2. The van der Waals surface area contributed by atoms with Gasteiger partial charge in [-0.05, 0) is 18.1 Å². The standard InChI is InChI=1S/C14H18N2/c1-2-7-13(15)14(16)11-6-10-12-8-4-3-5-9-12/h2-9,11,14H,1,10,15-16H2/b11-6-,13-7+. The average Bonchev–Trinajstić information content (AvgIpc) is 2.30. The van der Waals surface area contributed by atoms with E-state index >= 15 is 0 Å². The van der Waals surface area contributed by atoms with Crippen molar-refractivity contribution in [2.24, 2.45) is 11.5 Å². The molecule has 0 fully saturated rings. The molecule has 0 spiro atoms. The van der Waals surface area contributed by atoms with Crippen LogP contribution in [0.2, 0.25) is 0 Å². The second-order valence-electron chi connectivity index (χ2n) is 3.55. The molecule has 84 valence electrons. The Kier molecular flexibility index (Phi) is 5.09. The summed E-state index contributed by atoms with van der Waals surface area (Å²) in [5.41, 5.74) is 13.4. The fourth-order valence-corrected chi connectivity index (χ4v) is 1.32. The van der Waals surface area contributed by atoms with Crippen molar-refractivity contribution in [2.45, 2.75) is 12.5 Å². The molecule has 0 radical (unpaired) electrons. The summed E-state index contributed by atoms with van der Waals surface area (Å²) >= 11 is 0. The van der Waals surface area contributed by atoms with Crippen LogP contribution in [-0.4, -0.2) is 6.04 Å². The van der Waals surface area contributed by atoms with Gasteiger partial charge in [-0.15, -0.1) is 0 Å². The Labute approximate surface area is 97.0 Å². The van der Waals surface area contributed by atoms with Crippen molar-refractivity contribution in [1.29, 1.82) is 0 Å². The molecule has 1 aromatic rings. The molecule has 1 rings (SSSR count). The predicted molar refractivity (Wildman–Crippen MR) is 69.7 cm³/mol. The molecule has 0 saturated carbocycles. The Hall–Kier alpha value is -1.80. The maximum absolute atomic E-state index is 5.84. The zero-order valence-electron chi connectivity index (χ0n) is 9.34. The molecular weight excluding hydrogens is 196 g/mol. The first-order chi connectivity index (χ1) is 7.74. The minimum absolute atomic E-state index is 0.235. The van der Waals surface area contributed by atoms with Crippen LogP contribution in [0.25, 0.3) is 0 Å². The van der Waals surface area contributed by atoms with Gasteiger partial charge in [0.1, 0.15) is 0 Å². The van der Waals surface area contributed by atoms with Crippen molar-refractivity contribution in [3.05, 3.63) is 72.5 Å². The fourth-order valence-electron chi connectivity index (χ4n) is 1.32. The SMILES string of the molecule is C=C/C=C(/N)C(N)/C=C\Cc1ccccc1. The number of nitrogens with two attached hydrogens (primary N) is 2. The Balaban J connectivity index is 2.49. The third-order valence-corrected chi connectivity index (χ3v) is 2.23. The van der Waals surface area contributed by atoms with Gasteiger partial charge in [-0.25, -0.2) is 0 Å². The highest BCUT2D eigenvalue weighted by atomic mass is 14.7. The lowest BCUT2D eigenvalue weighted by Gasteiger charge is -2.05. The molecule has 1 unspecified atom stereocenters. The van der Waals surface area contributed by atoms with Crippen LogP contribution in [0.3, 0.4) is 0 Å². The van der Waals surface area contributed by atoms with Crippen LogP contribution in [0.15, 0.2) is 66.9 Å². The summed E-state index contributed by atoms with van der Waals surface area (Å²) in [7, 11) is 0. The molecule has 2 nitrogen and oxygen atoms in total. The average molecular weight is 214 g/mol. The van der Waals surface area contributed by atoms with Gasteiger partial charge in [-0.1, -0.05) is 55.1 Å². The molecule has 0 aliphatic carbocycles. The molecule has 16 heavy (non-hydrogen) atoms. The fraction of sp³-hybridized carbons (Fsp3) is 0.143. The summed E-state index contributed by atoms with van der Waals surface area (Å²) in [6, 6.07) is 9.98. The number of hydrogen-bond donors (Lipinski definition) is 2. The zero-order chi connectivity index (χ0) is 11.8. The molecule has 4 N–H and O–H groups in total. The van der Waals surface area contributed by atoms with E-state index in [0.29, 0.717) is 5.70 Å². The van der Waals surface area contributed by atoms with Crippen LogP contribution in [0, 0.1) is 0 Å². The minimum Gasteiger partial charge on any atom is -0.400 e. The third kappa shape index (κ3) is 4.15. The Morgan fingerprint density at radius 1 is 1.31 bits per heavy atom. The van der Waals surface area contributed by atoms with Gasteiger partial charge in [0.15, 0.2) is 0 Å². The van der Waals surface area contributed by atoms with E-state index in [1.54, 1.807) is 12.2 Å². The largest absolute Gasteiger partial charge is 0.400 e. The van der Waals surface area contributed by atoms with Gasteiger partial charge in [0.25, 0.3) is 0 Å². The van der Waals surface area contributed by atoms with Crippen LogP contribution < -0.4 is 11.5 Å². The first kappa shape index (κ1) is 12.3. The number of allylic oxidation sites excluding steroid dienone is 3. The Morgan fingerprint density at radius 2 is 2.00 bits per heavy atom. The summed E-state index contributed by atoms with van der Waals surface area (Å²) in [6.45, 7) is 3.57. The summed E-state index contributed by atoms with van der Waals surface area (Å²) in [5, 5.41) is 0. The van der Waals surface area contributed by atoms with Gasteiger partial charge < -0.3 is 11.5 Å². The van der Waals surface area contributed by atoms with E-state index in [1.807, 2.05) is 30.4 Å². The molecule has 0 aliphatic heterocycles. The number of rotatable bonds is 5. The summed E-state index contributed by atoms with van der Waals surface area (Å²) < 4.78 is 0. The van der Waals surface area contributed by atoms with E-state index in [9.17, 15) is 0 Å². The lowest BCUT2D eigenvalue weighted by atomic mass is 10.1. The second kappa shape index (κ2) is 6.64. The van der Waals surface area contributed by atoms with Crippen molar-refractivity contribution >= 4 is 0 Å². The molecule has 1 aromatic carbocycles. The van der Waals surface area contributed by atoms with Gasteiger partial charge in [0.2, 0.25) is 0 Å². The van der Waals surface area contributed by atoms with Gasteiger partial charge in [-0.3, -0.25) is 0 Å². The van der Waals surface area contributed by atoms with Crippen molar-refractivity contribution in [3.8, 4) is 0 Å². The summed E-state index contributed by atoms with van der Waals surface area (Å²) in [5.74, 6) is 0. The summed E-state index contributed by atoms with van der Waals surface area (Å²) in [6.07, 6.45) is 8.17. The van der Waals surface area contributed by atoms with E-state index < -0.39 is 0 Å². The van der Waals surface area contributed by atoms with Gasteiger partial charge in [0, 0.05) is 5.70 Å². The lowest BCUT2D eigenvalue weighted by molar-refractivity contribution is 0.925. The third-order valence-electron chi connectivity index (χ3n) is 2.23. The van der Waals surface area contributed by atoms with E-state index in [2.05, 4.69) is 18.7 Å². The van der Waals surface area contributed by atoms with Crippen LogP contribution in [-0.2, 0) is 6.42 Å². The maximum Gasteiger partial charge on any atom is 0.0628 e. The maximum atomic E-state index is 5.84. The zero-order valence-corrected chi connectivity index (χ0v) is 9.34. The molecule has 0 aromatic heterocycles. The second-order valence-corrected chi connectivity index (χ2v) is 3.55. The molecule has 0 saturated heterocycles. The van der Waals surface area contributed by atoms with Crippen molar-refractivity contribution in [1.82, 2.24) is 0 Å². The number of hydrogen-bond acceptors (Lipinski definition) is 2. The summed E-state index contributed by atoms with van der Waals surface area (Å²) in [4.78, 5) is 0. The van der Waals surface area contributed by atoms with Crippen LogP contribution in [0.5, 0.6) is 0 Å². The highest BCUT2D eigenvalue weighted by Gasteiger charge is 1.98. The normalized spacial score (nSPS) is 13.9. The monoisotopic (exact) mass is 214 g/mol. The number of benzene rings is 1. The van der Waals surface area contributed by atoms with E-state index in [1.165, 1.54) is 5.56 Å². The first-order valence-electron chi connectivity index (χ1n) is 5.28. The molecule has 1 atom stereocenters. The topological polar surface area (TPSA) is 52.0 Å². The van der Waals surface area contributed by atoms with E-state index in [0.717, 1.165) is 6.42 Å². The highest BCUT2D eigenvalue weighted by molar-refractivity contribution is 5.21. The first-order valence-corrected chi connectivity index (χ1v) is 5.28. The van der Waals surface area contributed by atoms with E-state index in [-0.39, 0.29) is 6.04 Å². The van der Waals surface area contributed by atoms with Gasteiger partial charge >= 0.3 is 0 Å².